The van der Waals surface area contributed by atoms with Crippen LogP contribution < -0.4 is 4.74 Å². The number of methoxy groups -OCH3 is 1. The van der Waals surface area contributed by atoms with E-state index in [9.17, 15) is 23.6 Å². The van der Waals surface area contributed by atoms with Crippen LogP contribution >= 0.6 is 11.6 Å². The number of benzene rings is 2. The van der Waals surface area contributed by atoms with Crippen LogP contribution in [0.1, 0.15) is 11.5 Å². The summed E-state index contributed by atoms with van der Waals surface area (Å²) in [5.41, 5.74) is -1.58. The highest BCUT2D eigenvalue weighted by Crippen LogP contribution is 2.64. The number of ether oxygens (including phenoxy) is 1. The number of carboxylic acids is 1. The Bertz CT molecular complexity index is 995. The minimum absolute atomic E-state index is 0.0659. The van der Waals surface area contributed by atoms with E-state index >= 15 is 0 Å². The number of halogens is 1. The molecular formula is C18H14ClNO5S. The summed E-state index contributed by atoms with van der Waals surface area (Å²) in [7, 11) is -2.57. The molecule has 1 N–H and O–H groups in total. The molecule has 1 aliphatic carbocycles. The third-order valence-electron chi connectivity index (χ3n) is 4.62. The first-order chi connectivity index (χ1) is 12.3. The van der Waals surface area contributed by atoms with E-state index < -0.39 is 32.4 Å². The van der Waals surface area contributed by atoms with Crippen molar-refractivity contribution in [1.82, 2.24) is 0 Å². The van der Waals surface area contributed by atoms with Crippen molar-refractivity contribution in [1.29, 1.82) is 5.26 Å². The van der Waals surface area contributed by atoms with Gasteiger partial charge in [-0.25, -0.2) is 8.42 Å². The molecule has 6 nitrogen and oxygen atoms in total. The molecule has 0 bridgehead atoms. The molecule has 1 saturated carbocycles. The minimum Gasteiger partial charge on any atom is -0.497 e. The van der Waals surface area contributed by atoms with Gasteiger partial charge in [-0.05, 0) is 42.0 Å². The van der Waals surface area contributed by atoms with Crippen LogP contribution in [-0.4, -0.2) is 31.9 Å². The van der Waals surface area contributed by atoms with E-state index in [2.05, 4.69) is 0 Å². The van der Waals surface area contributed by atoms with Crippen LogP contribution in [0.25, 0.3) is 0 Å². The number of carbonyl (C=O) groups is 1. The van der Waals surface area contributed by atoms with Crippen LogP contribution in [0, 0.1) is 16.7 Å². The molecule has 3 rings (SSSR count). The summed E-state index contributed by atoms with van der Waals surface area (Å²) in [6.45, 7) is 0. The van der Waals surface area contributed by atoms with Crippen molar-refractivity contribution in [2.24, 2.45) is 5.41 Å². The Hall–Kier alpha value is -2.56. The van der Waals surface area contributed by atoms with Crippen molar-refractivity contribution in [3.8, 4) is 11.8 Å². The molecule has 2 aromatic carbocycles. The van der Waals surface area contributed by atoms with Gasteiger partial charge in [-0.2, -0.15) is 5.26 Å². The summed E-state index contributed by atoms with van der Waals surface area (Å²) in [5, 5.41) is 18.1. The Morgan fingerprint density at radius 1 is 1.19 bits per heavy atom. The van der Waals surface area contributed by atoms with Gasteiger partial charge in [0.15, 0.2) is 15.3 Å². The third-order valence-corrected chi connectivity index (χ3v) is 7.12. The second kappa shape index (κ2) is 6.31. The number of carboxylic acid groups (broad SMARTS) is 1. The average molecular weight is 392 g/mol. The highest BCUT2D eigenvalue weighted by Gasteiger charge is 2.77. The highest BCUT2D eigenvalue weighted by molar-refractivity contribution is 7.92. The fourth-order valence-electron chi connectivity index (χ4n) is 3.24. The number of nitriles is 1. The van der Waals surface area contributed by atoms with E-state index in [4.69, 9.17) is 16.3 Å². The Balaban J connectivity index is 2.10. The van der Waals surface area contributed by atoms with Crippen LogP contribution in [0.4, 0.5) is 0 Å². The smallest absolute Gasteiger partial charge is 0.326 e. The first kappa shape index (κ1) is 18.2. The van der Waals surface area contributed by atoms with Gasteiger partial charge in [-0.15, -0.1) is 0 Å². The molecule has 1 fully saturated rings. The first-order valence-electron chi connectivity index (χ1n) is 7.57. The number of rotatable bonds is 5. The molecule has 0 amide bonds. The first-order valence-corrected chi connectivity index (χ1v) is 9.49. The SMILES string of the molecule is COc1ccc([C@@H]2[C@H](S(=O)(=O)c3ccc(Cl)cc3)[C@@]2(C#N)C(=O)O)cc1. The lowest BCUT2D eigenvalue weighted by molar-refractivity contribution is -0.141. The van der Waals surface area contributed by atoms with E-state index in [0.717, 1.165) is 0 Å². The monoisotopic (exact) mass is 391 g/mol. The van der Waals surface area contributed by atoms with Crippen molar-refractivity contribution < 1.29 is 23.1 Å². The maximum Gasteiger partial charge on any atom is 0.326 e. The second-order valence-corrected chi connectivity index (χ2v) is 8.46. The lowest BCUT2D eigenvalue weighted by Gasteiger charge is -2.05. The minimum atomic E-state index is -4.05. The summed E-state index contributed by atoms with van der Waals surface area (Å²) in [5.74, 6) is -1.88. The lowest BCUT2D eigenvalue weighted by Crippen LogP contribution is -2.22. The van der Waals surface area contributed by atoms with E-state index in [1.807, 2.05) is 0 Å². The molecule has 0 aliphatic heterocycles. The van der Waals surface area contributed by atoms with Gasteiger partial charge in [0.1, 0.15) is 11.0 Å². The summed E-state index contributed by atoms with van der Waals surface area (Å²) >= 11 is 5.79. The van der Waals surface area contributed by atoms with Gasteiger partial charge in [0.25, 0.3) is 0 Å². The van der Waals surface area contributed by atoms with Crippen LogP contribution in [-0.2, 0) is 14.6 Å². The molecule has 2 aromatic rings. The Morgan fingerprint density at radius 2 is 1.77 bits per heavy atom. The van der Waals surface area contributed by atoms with Crippen molar-refractivity contribution in [3.63, 3.8) is 0 Å². The van der Waals surface area contributed by atoms with Crippen LogP contribution in [0.5, 0.6) is 5.75 Å². The maximum absolute atomic E-state index is 13.0. The molecule has 8 heteroatoms. The lowest BCUT2D eigenvalue weighted by atomic mass is 10.0. The van der Waals surface area contributed by atoms with Crippen molar-refractivity contribution in [2.45, 2.75) is 16.1 Å². The molecule has 0 aromatic heterocycles. The zero-order chi connectivity index (χ0) is 19.1. The van der Waals surface area contributed by atoms with Crippen molar-refractivity contribution in [3.05, 3.63) is 59.1 Å². The largest absolute Gasteiger partial charge is 0.497 e. The normalized spacial score (nSPS) is 24.5. The number of aliphatic carboxylic acids is 1. The molecule has 0 saturated heterocycles. The molecule has 134 valence electrons. The van der Waals surface area contributed by atoms with Gasteiger partial charge in [0.05, 0.1) is 18.1 Å². The van der Waals surface area contributed by atoms with Gasteiger partial charge in [0.2, 0.25) is 0 Å². The molecule has 1 aliphatic rings. The standard InChI is InChI=1S/C18H14ClNO5S/c1-25-13-6-2-11(3-7-13)15-16(18(15,10-20)17(21)22)26(23,24)14-8-4-12(19)5-9-14/h2-9,15-16H,1H3,(H,21,22)/t15-,16+,18+/m1/s1. The van der Waals surface area contributed by atoms with Gasteiger partial charge in [-0.3, -0.25) is 4.79 Å². The second-order valence-electron chi connectivity index (χ2n) is 5.96. The predicted octanol–water partition coefficient (Wildman–Crippen LogP) is 2.88. The van der Waals surface area contributed by atoms with Crippen LogP contribution in [0.15, 0.2) is 53.4 Å². The molecule has 0 unspecified atom stereocenters. The summed E-state index contributed by atoms with van der Waals surface area (Å²) in [6, 6.07) is 13.5. The van der Waals surface area contributed by atoms with Crippen LogP contribution in [0.2, 0.25) is 5.02 Å². The molecule has 0 spiro atoms. The Morgan fingerprint density at radius 3 is 2.23 bits per heavy atom. The molecule has 0 heterocycles. The van der Waals surface area contributed by atoms with Crippen LogP contribution in [0.3, 0.4) is 0 Å². The van der Waals surface area contributed by atoms with Crippen molar-refractivity contribution >= 4 is 27.4 Å². The van der Waals surface area contributed by atoms with Gasteiger partial charge in [-0.1, -0.05) is 23.7 Å². The summed E-state index contributed by atoms with van der Waals surface area (Å²) in [4.78, 5) is 11.8. The fraction of sp³-hybridized carbons (Fsp3) is 0.222. The van der Waals surface area contributed by atoms with Crippen molar-refractivity contribution in [2.75, 3.05) is 7.11 Å². The zero-order valence-corrected chi connectivity index (χ0v) is 15.2. The predicted molar refractivity (Wildman–Crippen MR) is 93.8 cm³/mol. The number of hydrogen-bond donors (Lipinski definition) is 1. The Kier molecular flexibility index (Phi) is 4.42. The number of sulfone groups is 1. The Labute approximate surface area is 155 Å². The van der Waals surface area contributed by atoms with Gasteiger partial charge < -0.3 is 9.84 Å². The maximum atomic E-state index is 13.0. The van der Waals surface area contributed by atoms with Gasteiger partial charge in [0, 0.05) is 10.9 Å². The third kappa shape index (κ3) is 2.62. The van der Waals surface area contributed by atoms with Gasteiger partial charge >= 0.3 is 5.97 Å². The molecule has 26 heavy (non-hydrogen) atoms. The molecule has 0 radical (unpaired) electrons. The summed E-state index contributed by atoms with van der Waals surface area (Å²) in [6.07, 6.45) is 0. The molecule has 3 atom stereocenters. The fourth-order valence-corrected chi connectivity index (χ4v) is 5.61. The topological polar surface area (TPSA) is 104 Å². The van der Waals surface area contributed by atoms with E-state index in [1.54, 1.807) is 30.3 Å². The highest BCUT2D eigenvalue weighted by atomic mass is 35.5. The average Bonchev–Trinajstić information content (AvgIpc) is 3.34. The number of hydrogen-bond acceptors (Lipinski definition) is 5. The quantitative estimate of drug-likeness (QED) is 0.840. The molecular weight excluding hydrogens is 378 g/mol. The van der Waals surface area contributed by atoms with E-state index in [0.29, 0.717) is 16.3 Å². The number of nitrogens with zero attached hydrogens (tertiary/aromatic N) is 1. The zero-order valence-electron chi connectivity index (χ0n) is 13.6. The van der Waals surface area contributed by atoms with E-state index in [1.165, 1.54) is 31.4 Å². The van der Waals surface area contributed by atoms with E-state index in [-0.39, 0.29) is 4.90 Å². The summed E-state index contributed by atoms with van der Waals surface area (Å²) < 4.78 is 31.1.